The van der Waals surface area contributed by atoms with E-state index in [9.17, 15) is 0 Å². The monoisotopic (exact) mass is 284 g/mol. The van der Waals surface area contributed by atoms with E-state index in [1.165, 1.54) is 38.4 Å². The quantitative estimate of drug-likeness (QED) is 0.896. The molecule has 0 aromatic carbocycles. The summed E-state index contributed by atoms with van der Waals surface area (Å²) in [4.78, 5) is 8.09. The first-order valence-corrected chi connectivity index (χ1v) is 6.56. The molecule has 0 atom stereocenters. The average Bonchev–Trinajstić information content (AvgIpc) is 2.32. The van der Waals surface area contributed by atoms with Gasteiger partial charge >= 0.3 is 0 Å². The molecule has 4 nitrogen and oxygen atoms in total. The molecule has 0 unspecified atom stereocenters. The Bertz CT molecular complexity index is 350. The lowest BCUT2D eigenvalue weighted by Crippen LogP contribution is -2.18. The number of nitrogens with two attached hydrogens (primary N) is 1. The molecule has 5 heteroatoms. The van der Waals surface area contributed by atoms with Gasteiger partial charge in [0.15, 0.2) is 0 Å². The van der Waals surface area contributed by atoms with Crippen molar-refractivity contribution in [1.82, 2.24) is 9.97 Å². The van der Waals surface area contributed by atoms with Crippen LogP contribution in [0.5, 0.6) is 0 Å². The van der Waals surface area contributed by atoms with Crippen LogP contribution in [-0.2, 0) is 0 Å². The Morgan fingerprint density at radius 2 is 2.06 bits per heavy atom. The van der Waals surface area contributed by atoms with Crippen LogP contribution in [0.4, 0.5) is 11.6 Å². The van der Waals surface area contributed by atoms with E-state index in [1.54, 1.807) is 0 Å². The zero-order chi connectivity index (χ0) is 11.4. The van der Waals surface area contributed by atoms with Gasteiger partial charge < -0.3 is 11.1 Å². The van der Waals surface area contributed by atoms with E-state index in [-0.39, 0.29) is 0 Å². The summed E-state index contributed by atoms with van der Waals surface area (Å²) in [5, 5.41) is 3.35. The molecule has 1 saturated carbocycles. The van der Waals surface area contributed by atoms with Crippen molar-refractivity contribution < 1.29 is 0 Å². The van der Waals surface area contributed by atoms with Crippen LogP contribution in [0.15, 0.2) is 10.8 Å². The van der Waals surface area contributed by atoms with Gasteiger partial charge in [0.25, 0.3) is 0 Å². The van der Waals surface area contributed by atoms with Crippen LogP contribution in [0.25, 0.3) is 0 Å². The standard InChI is InChI=1S/C11H17BrN4/c12-9-10(13)15-7-16-11(9)14-6-8-4-2-1-3-5-8/h7-8H,1-6H2,(H3,13,14,15,16). The van der Waals surface area contributed by atoms with Gasteiger partial charge in [-0.2, -0.15) is 0 Å². The summed E-state index contributed by atoms with van der Waals surface area (Å²) in [7, 11) is 0. The summed E-state index contributed by atoms with van der Waals surface area (Å²) in [6.45, 7) is 0.981. The van der Waals surface area contributed by atoms with Gasteiger partial charge in [0.05, 0.1) is 0 Å². The van der Waals surface area contributed by atoms with Crippen molar-refractivity contribution in [2.24, 2.45) is 5.92 Å². The Morgan fingerprint density at radius 3 is 2.81 bits per heavy atom. The SMILES string of the molecule is Nc1ncnc(NCC2CCCCC2)c1Br. The molecule has 1 aliphatic rings. The number of nitrogen functional groups attached to an aromatic ring is 1. The lowest BCUT2D eigenvalue weighted by atomic mass is 9.89. The maximum absolute atomic E-state index is 5.69. The Hall–Kier alpha value is -0.840. The fourth-order valence-corrected chi connectivity index (χ4v) is 2.48. The topological polar surface area (TPSA) is 63.8 Å². The first kappa shape index (κ1) is 11.6. The molecule has 0 saturated heterocycles. The predicted molar refractivity (Wildman–Crippen MR) is 69.2 cm³/mol. The highest BCUT2D eigenvalue weighted by Crippen LogP contribution is 2.27. The van der Waals surface area contributed by atoms with E-state index >= 15 is 0 Å². The maximum Gasteiger partial charge on any atom is 0.145 e. The Balaban J connectivity index is 1.91. The van der Waals surface area contributed by atoms with Crippen molar-refractivity contribution >= 4 is 27.6 Å². The van der Waals surface area contributed by atoms with Gasteiger partial charge in [-0.25, -0.2) is 9.97 Å². The third-order valence-electron chi connectivity index (χ3n) is 3.10. The van der Waals surface area contributed by atoms with E-state index in [0.29, 0.717) is 5.82 Å². The number of hydrogen-bond donors (Lipinski definition) is 2. The summed E-state index contributed by atoms with van der Waals surface area (Å²) in [5.74, 6) is 2.07. The van der Waals surface area contributed by atoms with Gasteiger partial charge in [-0.05, 0) is 34.7 Å². The number of hydrogen-bond acceptors (Lipinski definition) is 4. The third kappa shape index (κ3) is 2.84. The Labute approximate surface area is 104 Å². The number of aromatic nitrogens is 2. The Kier molecular flexibility index (Phi) is 3.98. The van der Waals surface area contributed by atoms with Crippen LogP contribution >= 0.6 is 15.9 Å². The van der Waals surface area contributed by atoms with Crippen molar-refractivity contribution in [1.29, 1.82) is 0 Å². The van der Waals surface area contributed by atoms with Gasteiger partial charge in [0, 0.05) is 6.54 Å². The van der Waals surface area contributed by atoms with Gasteiger partial charge in [-0.1, -0.05) is 19.3 Å². The molecule has 1 aromatic heterocycles. The van der Waals surface area contributed by atoms with Gasteiger partial charge in [-0.15, -0.1) is 0 Å². The van der Waals surface area contributed by atoms with Crippen molar-refractivity contribution in [2.75, 3.05) is 17.6 Å². The molecule has 16 heavy (non-hydrogen) atoms. The third-order valence-corrected chi connectivity index (χ3v) is 3.88. The number of nitrogens with one attached hydrogen (secondary N) is 1. The second-order valence-corrected chi connectivity index (χ2v) is 5.10. The van der Waals surface area contributed by atoms with Crippen LogP contribution in [0.2, 0.25) is 0 Å². The molecule has 2 rings (SSSR count). The summed E-state index contributed by atoms with van der Waals surface area (Å²) >= 11 is 3.39. The second kappa shape index (κ2) is 5.48. The lowest BCUT2D eigenvalue weighted by molar-refractivity contribution is 0.373. The second-order valence-electron chi connectivity index (χ2n) is 4.31. The fourth-order valence-electron chi connectivity index (χ4n) is 2.14. The minimum Gasteiger partial charge on any atom is -0.383 e. The molecule has 0 bridgehead atoms. The van der Waals surface area contributed by atoms with E-state index < -0.39 is 0 Å². The molecule has 1 aromatic rings. The molecule has 0 spiro atoms. The average molecular weight is 285 g/mol. The highest BCUT2D eigenvalue weighted by molar-refractivity contribution is 9.10. The zero-order valence-corrected chi connectivity index (χ0v) is 10.8. The van der Waals surface area contributed by atoms with E-state index in [4.69, 9.17) is 5.73 Å². The number of nitrogens with zero attached hydrogens (tertiary/aromatic N) is 2. The van der Waals surface area contributed by atoms with Crippen LogP contribution in [0, 0.1) is 5.92 Å². The van der Waals surface area contributed by atoms with Crippen molar-refractivity contribution in [3.8, 4) is 0 Å². The first-order valence-electron chi connectivity index (χ1n) is 5.77. The molecular formula is C11H17BrN4. The molecule has 0 aliphatic heterocycles. The fraction of sp³-hybridized carbons (Fsp3) is 0.636. The van der Waals surface area contributed by atoms with Crippen LogP contribution in [-0.4, -0.2) is 16.5 Å². The van der Waals surface area contributed by atoms with Crippen LogP contribution in [0.1, 0.15) is 32.1 Å². The van der Waals surface area contributed by atoms with Crippen molar-refractivity contribution in [3.05, 3.63) is 10.8 Å². The zero-order valence-electron chi connectivity index (χ0n) is 9.25. The maximum atomic E-state index is 5.69. The molecular weight excluding hydrogens is 268 g/mol. The van der Waals surface area contributed by atoms with Crippen LogP contribution in [0.3, 0.4) is 0 Å². The van der Waals surface area contributed by atoms with Crippen molar-refractivity contribution in [3.63, 3.8) is 0 Å². The highest BCUT2D eigenvalue weighted by atomic mass is 79.9. The summed E-state index contributed by atoms with van der Waals surface area (Å²) in [6, 6.07) is 0. The lowest BCUT2D eigenvalue weighted by Gasteiger charge is -2.22. The largest absolute Gasteiger partial charge is 0.383 e. The molecule has 0 radical (unpaired) electrons. The van der Waals surface area contributed by atoms with E-state index in [1.807, 2.05) is 0 Å². The van der Waals surface area contributed by atoms with Crippen LogP contribution < -0.4 is 11.1 Å². The van der Waals surface area contributed by atoms with Gasteiger partial charge in [0.1, 0.15) is 22.4 Å². The molecule has 1 aliphatic carbocycles. The predicted octanol–water partition coefficient (Wildman–Crippen LogP) is 2.81. The van der Waals surface area contributed by atoms with E-state index in [2.05, 4.69) is 31.2 Å². The molecule has 1 fully saturated rings. The summed E-state index contributed by atoms with van der Waals surface area (Å²) in [5.41, 5.74) is 5.69. The first-order chi connectivity index (χ1) is 7.77. The summed E-state index contributed by atoms with van der Waals surface area (Å²) < 4.78 is 0.769. The van der Waals surface area contributed by atoms with Gasteiger partial charge in [-0.3, -0.25) is 0 Å². The summed E-state index contributed by atoms with van der Waals surface area (Å²) in [6.07, 6.45) is 8.25. The minimum atomic E-state index is 0.487. The molecule has 0 amide bonds. The molecule has 1 heterocycles. The molecule has 3 N–H and O–H groups in total. The smallest absolute Gasteiger partial charge is 0.145 e. The number of rotatable bonds is 3. The number of halogens is 1. The minimum absolute atomic E-state index is 0.487. The Morgan fingerprint density at radius 1 is 1.31 bits per heavy atom. The number of anilines is 2. The van der Waals surface area contributed by atoms with E-state index in [0.717, 1.165) is 22.8 Å². The highest BCUT2D eigenvalue weighted by Gasteiger charge is 2.14. The normalized spacial score (nSPS) is 17.3. The van der Waals surface area contributed by atoms with Crippen molar-refractivity contribution in [2.45, 2.75) is 32.1 Å². The molecule has 88 valence electrons. The van der Waals surface area contributed by atoms with Gasteiger partial charge in [0.2, 0.25) is 0 Å².